The normalized spacial score (nSPS) is 24.2. The van der Waals surface area contributed by atoms with E-state index >= 15 is 0 Å². The fourth-order valence-electron chi connectivity index (χ4n) is 2.93. The molecule has 0 bridgehead atoms. The second-order valence-electron chi connectivity index (χ2n) is 5.81. The summed E-state index contributed by atoms with van der Waals surface area (Å²) in [5.41, 5.74) is 0. The molecule has 2 heteroatoms. The Morgan fingerprint density at radius 1 is 1.19 bits per heavy atom. The summed E-state index contributed by atoms with van der Waals surface area (Å²) < 4.78 is 0. The molecule has 1 N–H and O–H groups in total. The lowest BCUT2D eigenvalue weighted by Gasteiger charge is -2.30. The van der Waals surface area contributed by atoms with Crippen molar-refractivity contribution in [3.8, 4) is 0 Å². The molecule has 94 valence electrons. The molecule has 2 rings (SSSR count). The van der Waals surface area contributed by atoms with Gasteiger partial charge in [-0.3, -0.25) is 0 Å². The lowest BCUT2D eigenvalue weighted by Crippen LogP contribution is -2.39. The van der Waals surface area contributed by atoms with Gasteiger partial charge in [0.1, 0.15) is 0 Å². The summed E-state index contributed by atoms with van der Waals surface area (Å²) in [7, 11) is 0. The molecule has 2 nitrogen and oxygen atoms in total. The minimum atomic E-state index is 0.807. The highest BCUT2D eigenvalue weighted by Crippen LogP contribution is 2.24. The fourth-order valence-corrected chi connectivity index (χ4v) is 2.93. The molecule has 0 aromatic carbocycles. The standard InChI is InChI=1S/C14H28N2/c1-3-16(14-6-4-5-7-14)11-12(2)10-15-13-8-9-13/h12-15H,3-11H2,1-2H3. The molecule has 2 aliphatic carbocycles. The molecule has 0 radical (unpaired) electrons. The molecular weight excluding hydrogens is 196 g/mol. The van der Waals surface area contributed by atoms with Gasteiger partial charge in [0.05, 0.1) is 0 Å². The van der Waals surface area contributed by atoms with Crippen LogP contribution in [0.25, 0.3) is 0 Å². The second-order valence-corrected chi connectivity index (χ2v) is 5.81. The molecule has 2 saturated carbocycles. The first-order chi connectivity index (χ1) is 7.79. The van der Waals surface area contributed by atoms with E-state index in [1.165, 1.54) is 58.2 Å². The first kappa shape index (κ1) is 12.4. The SMILES string of the molecule is CCN(CC(C)CNC1CC1)C1CCCC1. The van der Waals surface area contributed by atoms with E-state index < -0.39 is 0 Å². The highest BCUT2D eigenvalue weighted by atomic mass is 15.2. The average molecular weight is 224 g/mol. The van der Waals surface area contributed by atoms with Gasteiger partial charge in [-0.2, -0.15) is 0 Å². The molecule has 0 amide bonds. The third-order valence-corrected chi connectivity index (χ3v) is 4.13. The smallest absolute Gasteiger partial charge is 0.00952 e. The fraction of sp³-hybridized carbons (Fsp3) is 1.00. The third-order valence-electron chi connectivity index (χ3n) is 4.13. The van der Waals surface area contributed by atoms with Gasteiger partial charge in [-0.15, -0.1) is 0 Å². The van der Waals surface area contributed by atoms with Gasteiger partial charge < -0.3 is 10.2 Å². The molecule has 0 aromatic heterocycles. The van der Waals surface area contributed by atoms with E-state index in [0.29, 0.717) is 0 Å². The first-order valence-electron chi connectivity index (χ1n) is 7.27. The minimum Gasteiger partial charge on any atom is -0.314 e. The predicted molar refractivity (Wildman–Crippen MR) is 69.7 cm³/mol. The van der Waals surface area contributed by atoms with E-state index in [1.54, 1.807) is 0 Å². The van der Waals surface area contributed by atoms with Crippen molar-refractivity contribution >= 4 is 0 Å². The number of hydrogen-bond donors (Lipinski definition) is 1. The number of rotatable bonds is 7. The summed E-state index contributed by atoms with van der Waals surface area (Å²) in [4.78, 5) is 2.71. The zero-order valence-electron chi connectivity index (χ0n) is 11.0. The topological polar surface area (TPSA) is 15.3 Å². The van der Waals surface area contributed by atoms with Crippen LogP contribution in [0, 0.1) is 5.92 Å². The van der Waals surface area contributed by atoms with Crippen molar-refractivity contribution in [2.45, 2.75) is 64.5 Å². The van der Waals surface area contributed by atoms with Crippen molar-refractivity contribution in [2.24, 2.45) is 5.92 Å². The number of nitrogens with zero attached hydrogens (tertiary/aromatic N) is 1. The minimum absolute atomic E-state index is 0.807. The molecule has 2 fully saturated rings. The molecule has 0 saturated heterocycles. The zero-order valence-corrected chi connectivity index (χ0v) is 11.0. The molecule has 0 aliphatic heterocycles. The van der Waals surface area contributed by atoms with Crippen molar-refractivity contribution in [1.82, 2.24) is 10.2 Å². The molecule has 0 heterocycles. The van der Waals surface area contributed by atoms with Crippen molar-refractivity contribution < 1.29 is 0 Å². The molecule has 2 aliphatic rings. The van der Waals surface area contributed by atoms with Gasteiger partial charge in [0, 0.05) is 18.6 Å². The Balaban J connectivity index is 1.66. The van der Waals surface area contributed by atoms with Crippen LogP contribution in [0.3, 0.4) is 0 Å². The molecule has 1 atom stereocenters. The van der Waals surface area contributed by atoms with E-state index in [2.05, 4.69) is 24.1 Å². The van der Waals surface area contributed by atoms with E-state index in [4.69, 9.17) is 0 Å². The Morgan fingerprint density at radius 3 is 2.44 bits per heavy atom. The van der Waals surface area contributed by atoms with Gasteiger partial charge in [-0.1, -0.05) is 26.7 Å². The quantitative estimate of drug-likeness (QED) is 0.715. The van der Waals surface area contributed by atoms with E-state index in [-0.39, 0.29) is 0 Å². The summed E-state index contributed by atoms with van der Waals surface area (Å²) in [6.07, 6.45) is 8.61. The van der Waals surface area contributed by atoms with Crippen LogP contribution >= 0.6 is 0 Å². The highest BCUT2D eigenvalue weighted by molar-refractivity contribution is 4.83. The molecule has 16 heavy (non-hydrogen) atoms. The van der Waals surface area contributed by atoms with Gasteiger partial charge in [0.25, 0.3) is 0 Å². The average Bonchev–Trinajstić information content (AvgIpc) is 2.97. The number of hydrogen-bond acceptors (Lipinski definition) is 2. The third kappa shape index (κ3) is 3.74. The van der Waals surface area contributed by atoms with Crippen LogP contribution in [-0.2, 0) is 0 Å². The van der Waals surface area contributed by atoms with Crippen molar-refractivity contribution in [3.05, 3.63) is 0 Å². The summed E-state index contributed by atoms with van der Waals surface area (Å²) >= 11 is 0. The van der Waals surface area contributed by atoms with E-state index in [9.17, 15) is 0 Å². The molecule has 0 spiro atoms. The van der Waals surface area contributed by atoms with Crippen LogP contribution in [0.5, 0.6) is 0 Å². The summed E-state index contributed by atoms with van der Waals surface area (Å²) in [5.74, 6) is 0.807. The maximum atomic E-state index is 3.65. The Kier molecular flexibility index (Phi) is 4.66. The molecular formula is C14H28N2. The Bertz CT molecular complexity index is 195. The first-order valence-corrected chi connectivity index (χ1v) is 7.27. The maximum Gasteiger partial charge on any atom is 0.00952 e. The van der Waals surface area contributed by atoms with Crippen molar-refractivity contribution in [1.29, 1.82) is 0 Å². The van der Waals surface area contributed by atoms with Crippen LogP contribution in [-0.4, -0.2) is 36.6 Å². The van der Waals surface area contributed by atoms with Crippen LogP contribution in [0.1, 0.15) is 52.4 Å². The summed E-state index contributed by atoms with van der Waals surface area (Å²) in [6.45, 7) is 8.46. The van der Waals surface area contributed by atoms with E-state index in [0.717, 1.165) is 18.0 Å². The van der Waals surface area contributed by atoms with Crippen LogP contribution in [0.15, 0.2) is 0 Å². The summed E-state index contributed by atoms with van der Waals surface area (Å²) in [5, 5.41) is 3.65. The summed E-state index contributed by atoms with van der Waals surface area (Å²) in [6, 6.07) is 1.76. The van der Waals surface area contributed by atoms with Crippen LogP contribution in [0.4, 0.5) is 0 Å². The monoisotopic (exact) mass is 224 g/mol. The zero-order chi connectivity index (χ0) is 11.4. The number of nitrogens with one attached hydrogen (secondary N) is 1. The molecule has 0 aromatic rings. The van der Waals surface area contributed by atoms with Crippen molar-refractivity contribution in [2.75, 3.05) is 19.6 Å². The van der Waals surface area contributed by atoms with Crippen LogP contribution < -0.4 is 5.32 Å². The van der Waals surface area contributed by atoms with Crippen LogP contribution in [0.2, 0.25) is 0 Å². The predicted octanol–water partition coefficient (Wildman–Crippen LogP) is 2.64. The van der Waals surface area contributed by atoms with Gasteiger partial charge >= 0.3 is 0 Å². The van der Waals surface area contributed by atoms with Gasteiger partial charge in [0.2, 0.25) is 0 Å². The highest BCUT2D eigenvalue weighted by Gasteiger charge is 2.24. The Morgan fingerprint density at radius 2 is 1.88 bits per heavy atom. The van der Waals surface area contributed by atoms with Gasteiger partial charge in [-0.25, -0.2) is 0 Å². The Hall–Kier alpha value is -0.0800. The second kappa shape index (κ2) is 6.02. The lowest BCUT2D eigenvalue weighted by molar-refractivity contribution is 0.180. The van der Waals surface area contributed by atoms with Gasteiger partial charge in [0.15, 0.2) is 0 Å². The van der Waals surface area contributed by atoms with Crippen molar-refractivity contribution in [3.63, 3.8) is 0 Å². The Labute approximate surface area is 101 Å². The maximum absolute atomic E-state index is 3.65. The molecule has 1 unspecified atom stereocenters. The largest absolute Gasteiger partial charge is 0.314 e. The van der Waals surface area contributed by atoms with E-state index in [1.807, 2.05) is 0 Å². The van der Waals surface area contributed by atoms with Gasteiger partial charge in [-0.05, 0) is 44.7 Å². The lowest BCUT2D eigenvalue weighted by atomic mass is 10.1.